The van der Waals surface area contributed by atoms with Gasteiger partial charge in [0.2, 0.25) is 5.91 Å². The third-order valence-corrected chi connectivity index (χ3v) is 4.73. The SMILES string of the molecule is C[C@@H]1CCCC[C@H]1N1C(=O)C(=O)N(CC(=O)NC2CC2)C1=O. The maximum atomic E-state index is 12.4. The van der Waals surface area contributed by atoms with Crippen molar-refractivity contribution in [3.05, 3.63) is 0 Å². The zero-order valence-electron chi connectivity index (χ0n) is 12.7. The molecule has 3 fully saturated rings. The van der Waals surface area contributed by atoms with Crippen LogP contribution in [0.5, 0.6) is 0 Å². The lowest BCUT2D eigenvalue weighted by atomic mass is 9.85. The van der Waals surface area contributed by atoms with E-state index in [2.05, 4.69) is 5.32 Å². The average molecular weight is 307 g/mol. The molecule has 0 spiro atoms. The highest BCUT2D eigenvalue weighted by atomic mass is 16.2. The lowest BCUT2D eigenvalue weighted by Crippen LogP contribution is -2.47. The van der Waals surface area contributed by atoms with Gasteiger partial charge in [-0.3, -0.25) is 19.3 Å². The van der Waals surface area contributed by atoms with Crippen LogP contribution < -0.4 is 5.32 Å². The minimum Gasteiger partial charge on any atom is -0.352 e. The Bertz CT molecular complexity index is 529. The molecule has 0 radical (unpaired) electrons. The maximum Gasteiger partial charge on any atom is 0.334 e. The molecule has 7 heteroatoms. The summed E-state index contributed by atoms with van der Waals surface area (Å²) in [5.41, 5.74) is 0. The van der Waals surface area contributed by atoms with E-state index in [0.717, 1.165) is 48.3 Å². The van der Waals surface area contributed by atoms with Gasteiger partial charge in [-0.1, -0.05) is 19.8 Å². The van der Waals surface area contributed by atoms with Gasteiger partial charge in [-0.15, -0.1) is 0 Å². The molecule has 0 aromatic carbocycles. The van der Waals surface area contributed by atoms with Crippen LogP contribution in [-0.4, -0.2) is 52.2 Å². The predicted molar refractivity (Wildman–Crippen MR) is 76.5 cm³/mol. The standard InChI is InChI=1S/C15H21N3O4/c1-9-4-2-3-5-11(9)18-14(21)13(20)17(15(18)22)8-12(19)16-10-6-7-10/h9-11H,2-8H2,1H3,(H,16,19)/t9-,11-/m1/s1. The van der Waals surface area contributed by atoms with Gasteiger partial charge < -0.3 is 5.32 Å². The van der Waals surface area contributed by atoms with Gasteiger partial charge in [-0.05, 0) is 31.6 Å². The molecule has 0 bridgehead atoms. The summed E-state index contributed by atoms with van der Waals surface area (Å²) in [4.78, 5) is 50.3. The van der Waals surface area contributed by atoms with Crippen LogP contribution in [0.25, 0.3) is 0 Å². The first-order chi connectivity index (χ1) is 10.5. The van der Waals surface area contributed by atoms with Crippen molar-refractivity contribution in [3.8, 4) is 0 Å². The number of hydrogen-bond acceptors (Lipinski definition) is 4. The highest BCUT2D eigenvalue weighted by molar-refractivity contribution is 6.45. The Morgan fingerprint density at radius 2 is 1.77 bits per heavy atom. The molecule has 2 atom stereocenters. The molecule has 0 aromatic heterocycles. The Labute approximate surface area is 129 Å². The summed E-state index contributed by atoms with van der Waals surface area (Å²) in [6, 6.07) is -0.709. The minimum atomic E-state index is -0.881. The molecule has 5 amide bonds. The largest absolute Gasteiger partial charge is 0.352 e. The molecule has 1 aliphatic heterocycles. The number of hydrogen-bond donors (Lipinski definition) is 1. The van der Waals surface area contributed by atoms with E-state index in [1.54, 1.807) is 0 Å². The van der Waals surface area contributed by atoms with E-state index < -0.39 is 17.8 Å². The number of carbonyl (C=O) groups is 4. The minimum absolute atomic E-state index is 0.158. The Hall–Kier alpha value is -1.92. The Morgan fingerprint density at radius 1 is 1.09 bits per heavy atom. The van der Waals surface area contributed by atoms with E-state index in [-0.39, 0.29) is 30.5 Å². The van der Waals surface area contributed by atoms with Crippen molar-refractivity contribution in [3.63, 3.8) is 0 Å². The number of nitrogens with one attached hydrogen (secondary N) is 1. The Balaban J connectivity index is 1.70. The molecule has 120 valence electrons. The highest BCUT2D eigenvalue weighted by Crippen LogP contribution is 2.31. The van der Waals surface area contributed by atoms with Gasteiger partial charge in [0.05, 0.1) is 0 Å². The van der Waals surface area contributed by atoms with Crippen molar-refractivity contribution in [2.75, 3.05) is 6.54 Å². The molecule has 3 aliphatic rings. The second kappa shape index (κ2) is 5.70. The molecule has 1 heterocycles. The molecule has 2 aliphatic carbocycles. The number of imide groups is 2. The Morgan fingerprint density at radius 3 is 2.41 bits per heavy atom. The zero-order valence-corrected chi connectivity index (χ0v) is 12.7. The van der Waals surface area contributed by atoms with Crippen LogP contribution in [0.4, 0.5) is 4.79 Å². The van der Waals surface area contributed by atoms with Crippen LogP contribution in [0.2, 0.25) is 0 Å². The van der Waals surface area contributed by atoms with E-state index in [9.17, 15) is 19.2 Å². The van der Waals surface area contributed by atoms with E-state index in [1.807, 2.05) is 6.92 Å². The lowest BCUT2D eigenvalue weighted by Gasteiger charge is -2.34. The van der Waals surface area contributed by atoms with Gasteiger partial charge in [0.1, 0.15) is 6.54 Å². The third-order valence-electron chi connectivity index (χ3n) is 4.73. The number of carbonyl (C=O) groups excluding carboxylic acids is 4. The van der Waals surface area contributed by atoms with Gasteiger partial charge in [-0.2, -0.15) is 0 Å². The Kier molecular flexibility index (Phi) is 3.88. The second-order valence-corrected chi connectivity index (χ2v) is 6.52. The molecular weight excluding hydrogens is 286 g/mol. The first-order valence-corrected chi connectivity index (χ1v) is 7.97. The molecule has 0 aromatic rings. The normalized spacial score (nSPS) is 29.2. The van der Waals surface area contributed by atoms with Crippen LogP contribution in [-0.2, 0) is 14.4 Å². The molecule has 1 saturated heterocycles. The van der Waals surface area contributed by atoms with Crippen molar-refractivity contribution in [2.45, 2.75) is 57.5 Å². The van der Waals surface area contributed by atoms with Crippen molar-refractivity contribution < 1.29 is 19.2 Å². The van der Waals surface area contributed by atoms with Gasteiger partial charge in [0.25, 0.3) is 0 Å². The molecule has 1 N–H and O–H groups in total. The summed E-state index contributed by atoms with van der Waals surface area (Å²) in [5, 5.41) is 2.72. The second-order valence-electron chi connectivity index (χ2n) is 6.52. The number of rotatable bonds is 4. The van der Waals surface area contributed by atoms with Crippen molar-refractivity contribution in [2.24, 2.45) is 5.92 Å². The maximum absolute atomic E-state index is 12.4. The smallest absolute Gasteiger partial charge is 0.334 e. The van der Waals surface area contributed by atoms with Crippen LogP contribution in [0.3, 0.4) is 0 Å². The van der Waals surface area contributed by atoms with Crippen LogP contribution in [0.15, 0.2) is 0 Å². The van der Waals surface area contributed by atoms with Gasteiger partial charge in [-0.25, -0.2) is 9.69 Å². The molecule has 0 unspecified atom stereocenters. The highest BCUT2D eigenvalue weighted by Gasteiger charge is 2.49. The molecular formula is C15H21N3O4. The molecule has 7 nitrogen and oxygen atoms in total. The van der Waals surface area contributed by atoms with E-state index in [4.69, 9.17) is 0 Å². The molecule has 22 heavy (non-hydrogen) atoms. The first kappa shape index (κ1) is 15.0. The summed E-state index contributed by atoms with van der Waals surface area (Å²) in [6.45, 7) is 1.63. The third kappa shape index (κ3) is 2.71. The summed E-state index contributed by atoms with van der Waals surface area (Å²) < 4.78 is 0. The molecule has 3 rings (SSSR count). The topological polar surface area (TPSA) is 86.8 Å². The van der Waals surface area contributed by atoms with Gasteiger partial charge in [0, 0.05) is 12.1 Å². The summed E-state index contributed by atoms with van der Waals surface area (Å²) in [7, 11) is 0. The fraction of sp³-hybridized carbons (Fsp3) is 0.733. The van der Waals surface area contributed by atoms with E-state index in [0.29, 0.717) is 0 Å². The van der Waals surface area contributed by atoms with Crippen LogP contribution >= 0.6 is 0 Å². The van der Waals surface area contributed by atoms with Crippen LogP contribution in [0, 0.1) is 5.92 Å². The number of amides is 5. The van der Waals surface area contributed by atoms with Crippen molar-refractivity contribution >= 4 is 23.8 Å². The fourth-order valence-electron chi connectivity index (χ4n) is 3.28. The summed E-state index contributed by atoms with van der Waals surface area (Å²) in [5.74, 6) is -1.86. The fourth-order valence-corrected chi connectivity index (χ4v) is 3.28. The van der Waals surface area contributed by atoms with E-state index in [1.165, 1.54) is 0 Å². The molecule has 2 saturated carbocycles. The van der Waals surface area contributed by atoms with Crippen molar-refractivity contribution in [1.82, 2.24) is 15.1 Å². The predicted octanol–water partition coefficient (Wildman–Crippen LogP) is 0.635. The summed E-state index contributed by atoms with van der Waals surface area (Å²) >= 11 is 0. The van der Waals surface area contributed by atoms with Crippen molar-refractivity contribution in [1.29, 1.82) is 0 Å². The monoisotopic (exact) mass is 307 g/mol. The van der Waals surface area contributed by atoms with Gasteiger partial charge in [0.15, 0.2) is 0 Å². The quantitative estimate of drug-likeness (QED) is 0.610. The van der Waals surface area contributed by atoms with Crippen LogP contribution in [0.1, 0.15) is 45.4 Å². The summed E-state index contributed by atoms with van der Waals surface area (Å²) in [6.07, 6.45) is 5.56. The lowest BCUT2D eigenvalue weighted by molar-refractivity contribution is -0.145. The van der Waals surface area contributed by atoms with E-state index >= 15 is 0 Å². The number of nitrogens with zero attached hydrogens (tertiary/aromatic N) is 2. The zero-order chi connectivity index (χ0) is 15.9. The average Bonchev–Trinajstić information content (AvgIpc) is 3.26. The first-order valence-electron chi connectivity index (χ1n) is 7.97. The number of urea groups is 1. The van der Waals surface area contributed by atoms with Gasteiger partial charge >= 0.3 is 17.8 Å².